The van der Waals surface area contributed by atoms with Crippen LogP contribution >= 0.6 is 35.3 Å². The van der Waals surface area contributed by atoms with E-state index in [2.05, 4.69) is 0 Å². The zero-order valence-electron chi connectivity index (χ0n) is 19.0. The fourth-order valence-electron chi connectivity index (χ4n) is 3.70. The molecule has 1 aromatic carbocycles. The summed E-state index contributed by atoms with van der Waals surface area (Å²) in [6, 6.07) is 4.14. The number of thiazole rings is 1. The molecule has 0 atom stereocenters. The average Bonchev–Trinajstić information content (AvgIpc) is 3.42. The standard InChI is InChI=1S/C22H21N3O6S4/c1-4-23-14-11-10-13(35(28,29)30)12-15(14)31-17(23)9-7-8-16-19(26)24(5-2)21(33-16)18-20(27)25(6-3)22(32)34-18/h7-12H,4-6H2,1-3H3/p+1/b9-7+,16-8-,21-18-. The van der Waals surface area contributed by atoms with E-state index in [1.165, 1.54) is 40.1 Å². The van der Waals surface area contributed by atoms with Gasteiger partial charge >= 0.3 is 5.89 Å². The summed E-state index contributed by atoms with van der Waals surface area (Å²) in [5.74, 6) is 0.252. The molecule has 1 aliphatic rings. The summed E-state index contributed by atoms with van der Waals surface area (Å²) in [4.78, 5) is 27.4. The monoisotopic (exact) mass is 552 g/mol. The number of benzene rings is 1. The molecule has 0 aliphatic carbocycles. The average molecular weight is 553 g/mol. The van der Waals surface area contributed by atoms with E-state index in [9.17, 15) is 22.6 Å². The maximum Gasteiger partial charge on any atom is 0.374 e. The Bertz CT molecular complexity index is 1680. The van der Waals surface area contributed by atoms with Crippen LogP contribution in [0.1, 0.15) is 26.7 Å². The minimum Gasteiger partial charge on any atom is -0.398 e. The van der Waals surface area contributed by atoms with Crippen LogP contribution in [0.3, 0.4) is 0 Å². The molecule has 13 heteroatoms. The van der Waals surface area contributed by atoms with Crippen LogP contribution in [0, 0.1) is 0 Å². The van der Waals surface area contributed by atoms with Gasteiger partial charge < -0.3 is 4.42 Å². The number of oxazole rings is 1. The summed E-state index contributed by atoms with van der Waals surface area (Å²) in [5, 5.41) is 0. The van der Waals surface area contributed by atoms with Gasteiger partial charge in [-0.15, -0.1) is 11.3 Å². The first-order valence-corrected chi connectivity index (χ1v) is 14.2. The van der Waals surface area contributed by atoms with Crippen LogP contribution in [-0.2, 0) is 28.0 Å². The van der Waals surface area contributed by atoms with Crippen LogP contribution in [-0.4, -0.2) is 39.2 Å². The Labute approximate surface area is 214 Å². The fourth-order valence-corrected chi connectivity index (χ4v) is 6.86. The number of carbonyl (C=O) groups is 1. The maximum atomic E-state index is 13.0. The number of thiocarbonyl (C=S) groups is 1. The second kappa shape index (κ2) is 9.82. The van der Waals surface area contributed by atoms with Gasteiger partial charge in [-0.2, -0.15) is 13.0 Å². The molecule has 3 heterocycles. The second-order valence-corrected chi connectivity index (χ2v) is 11.5. The van der Waals surface area contributed by atoms with Crippen LogP contribution in [0.15, 0.2) is 38.4 Å². The lowest BCUT2D eigenvalue weighted by atomic mass is 10.3. The number of hydrogen-bond donors (Lipinski definition) is 1. The first-order valence-electron chi connectivity index (χ1n) is 10.7. The van der Waals surface area contributed by atoms with E-state index in [0.29, 0.717) is 55.0 Å². The van der Waals surface area contributed by atoms with Crippen LogP contribution in [0.4, 0.5) is 0 Å². The van der Waals surface area contributed by atoms with Gasteiger partial charge in [0.15, 0.2) is 0 Å². The molecule has 3 aromatic rings. The first kappa shape index (κ1) is 25.5. The lowest BCUT2D eigenvalue weighted by Gasteiger charge is -2.09. The van der Waals surface area contributed by atoms with Gasteiger partial charge in [0.2, 0.25) is 5.58 Å². The van der Waals surface area contributed by atoms with Crippen LogP contribution in [0.5, 0.6) is 0 Å². The zero-order valence-corrected chi connectivity index (χ0v) is 22.3. The lowest BCUT2D eigenvalue weighted by molar-refractivity contribution is -0.674. The summed E-state index contributed by atoms with van der Waals surface area (Å²) in [7, 11) is -4.35. The van der Waals surface area contributed by atoms with Crippen molar-refractivity contribution in [3.05, 3.63) is 49.7 Å². The number of carbonyl (C=O) groups excluding carboxylic acids is 1. The first-order chi connectivity index (χ1) is 16.6. The highest BCUT2D eigenvalue weighted by Crippen LogP contribution is 2.30. The normalized spacial score (nSPS) is 17.0. The van der Waals surface area contributed by atoms with Crippen molar-refractivity contribution >= 4 is 83.8 Å². The minimum atomic E-state index is -4.35. The molecule has 184 valence electrons. The predicted octanol–water partition coefficient (Wildman–Crippen LogP) is 1.71. The van der Waals surface area contributed by atoms with Crippen LogP contribution in [0.2, 0.25) is 0 Å². The van der Waals surface area contributed by atoms with Crippen molar-refractivity contribution in [1.82, 2.24) is 9.47 Å². The van der Waals surface area contributed by atoms with Gasteiger partial charge in [0.05, 0.1) is 15.5 Å². The quantitative estimate of drug-likeness (QED) is 0.279. The van der Waals surface area contributed by atoms with Gasteiger partial charge in [0, 0.05) is 25.2 Å². The van der Waals surface area contributed by atoms with Gasteiger partial charge in [0.25, 0.3) is 27.1 Å². The van der Waals surface area contributed by atoms with Crippen molar-refractivity contribution in [3.63, 3.8) is 0 Å². The molecule has 0 unspecified atom stereocenters. The third kappa shape index (κ3) is 4.66. The SMILES string of the molecule is CCN1C(=O)/C(=c2/s/c(=C\C=C\c3oc4cc(S(=O)(=O)O)ccc4[n+]3CC)c(=O)n2CC)SC1=S. The summed E-state index contributed by atoms with van der Waals surface area (Å²) >= 11 is 7.74. The Morgan fingerprint density at radius 3 is 2.54 bits per heavy atom. The number of hydrogen-bond acceptors (Lipinski definition) is 8. The Balaban J connectivity index is 1.79. The van der Waals surface area contributed by atoms with Crippen LogP contribution in [0.25, 0.3) is 28.2 Å². The number of aromatic nitrogens is 2. The molecule has 1 saturated heterocycles. The molecule has 0 spiro atoms. The Morgan fingerprint density at radius 1 is 1.20 bits per heavy atom. The molecule has 1 aliphatic heterocycles. The molecule has 1 N–H and O–H groups in total. The van der Waals surface area contributed by atoms with E-state index >= 15 is 0 Å². The van der Waals surface area contributed by atoms with E-state index < -0.39 is 10.1 Å². The van der Waals surface area contributed by atoms with E-state index in [0.717, 1.165) is 0 Å². The Hall–Kier alpha value is -2.58. The van der Waals surface area contributed by atoms with Crippen molar-refractivity contribution in [2.45, 2.75) is 38.8 Å². The topological polar surface area (TPSA) is 114 Å². The third-order valence-electron chi connectivity index (χ3n) is 5.39. The minimum absolute atomic E-state index is 0.191. The molecule has 1 amide bonds. The van der Waals surface area contributed by atoms with Crippen molar-refractivity contribution in [2.24, 2.45) is 0 Å². The molecule has 0 saturated carbocycles. The Morgan fingerprint density at radius 2 is 1.94 bits per heavy atom. The lowest BCUT2D eigenvalue weighted by Crippen LogP contribution is -2.33. The van der Waals surface area contributed by atoms with Crippen molar-refractivity contribution in [3.8, 4) is 0 Å². The van der Waals surface area contributed by atoms with E-state index in [1.807, 2.05) is 25.3 Å². The number of nitrogens with zero attached hydrogens (tertiary/aromatic N) is 3. The highest BCUT2D eigenvalue weighted by molar-refractivity contribution is 8.30. The second-order valence-electron chi connectivity index (χ2n) is 7.38. The fraction of sp³-hybridized carbons (Fsp3) is 0.273. The predicted molar refractivity (Wildman–Crippen MR) is 140 cm³/mol. The number of amides is 1. The molecular formula is C22H22N3O6S4+. The van der Waals surface area contributed by atoms with E-state index in [4.69, 9.17) is 16.6 Å². The number of thioether (sulfide) groups is 1. The molecule has 2 aromatic heterocycles. The third-order valence-corrected chi connectivity index (χ3v) is 8.95. The van der Waals surface area contributed by atoms with E-state index in [-0.39, 0.29) is 16.4 Å². The highest BCUT2D eigenvalue weighted by atomic mass is 32.2. The molecule has 35 heavy (non-hydrogen) atoms. The molecule has 9 nitrogen and oxygen atoms in total. The molecular weight excluding hydrogens is 531 g/mol. The van der Waals surface area contributed by atoms with Gasteiger partial charge in [-0.25, -0.2) is 0 Å². The van der Waals surface area contributed by atoms with Crippen molar-refractivity contribution < 1.29 is 26.7 Å². The molecule has 4 rings (SSSR count). The van der Waals surface area contributed by atoms with Crippen LogP contribution < -0.4 is 19.3 Å². The number of aryl methyl sites for hydroxylation is 1. The molecule has 0 radical (unpaired) electrons. The van der Waals surface area contributed by atoms with E-state index in [1.54, 1.807) is 28.9 Å². The summed E-state index contributed by atoms with van der Waals surface area (Å²) < 4.78 is 42.9. The largest absolute Gasteiger partial charge is 0.398 e. The zero-order chi connectivity index (χ0) is 25.5. The Kier molecular flexibility index (Phi) is 7.16. The van der Waals surface area contributed by atoms with Crippen molar-refractivity contribution in [2.75, 3.05) is 6.54 Å². The smallest absolute Gasteiger partial charge is 0.374 e. The number of allylic oxidation sites excluding steroid dienone is 1. The maximum absolute atomic E-state index is 13.0. The molecule has 1 fully saturated rings. The van der Waals surface area contributed by atoms with Gasteiger partial charge in [-0.05, 0) is 32.9 Å². The molecule has 0 bridgehead atoms. The summed E-state index contributed by atoms with van der Waals surface area (Å²) in [6.45, 7) is 7.04. The highest BCUT2D eigenvalue weighted by Gasteiger charge is 2.32. The summed E-state index contributed by atoms with van der Waals surface area (Å²) in [6.07, 6.45) is 4.99. The van der Waals surface area contributed by atoms with Gasteiger partial charge in [-0.1, -0.05) is 30.1 Å². The number of rotatable bonds is 6. The van der Waals surface area contributed by atoms with Gasteiger partial charge in [0.1, 0.15) is 20.4 Å². The van der Waals surface area contributed by atoms with Gasteiger partial charge in [-0.3, -0.25) is 23.6 Å². The number of fused-ring (bicyclic) bond motifs is 1. The summed E-state index contributed by atoms with van der Waals surface area (Å²) in [5.41, 5.74) is 0.763. The van der Waals surface area contributed by atoms with Crippen molar-refractivity contribution in [1.29, 1.82) is 0 Å².